The van der Waals surface area contributed by atoms with Gasteiger partial charge in [-0.25, -0.2) is 4.98 Å². The van der Waals surface area contributed by atoms with Gasteiger partial charge in [0.1, 0.15) is 28.7 Å². The topological polar surface area (TPSA) is 82.4 Å². The van der Waals surface area contributed by atoms with Gasteiger partial charge in [0.2, 0.25) is 5.91 Å². The standard InChI is InChI=1S/C24H23N3O4S/c1-4-31-19-11-7-17(8-12-19)26-21(28)13-27-15(2)25-23-22(24(27)29)20(14-32-23)16-5-9-18(30-3)10-6-16/h5-12,14H,4,13H2,1-3H3,(H,26,28). The maximum atomic E-state index is 13.3. The second kappa shape index (κ2) is 9.23. The van der Waals surface area contributed by atoms with Gasteiger partial charge in [-0.1, -0.05) is 12.1 Å². The molecule has 1 amide bonds. The summed E-state index contributed by atoms with van der Waals surface area (Å²) in [7, 11) is 1.61. The van der Waals surface area contributed by atoms with Gasteiger partial charge in [0.25, 0.3) is 5.56 Å². The minimum Gasteiger partial charge on any atom is -0.497 e. The first-order chi connectivity index (χ1) is 15.5. The number of amides is 1. The number of methoxy groups -OCH3 is 1. The molecule has 4 aromatic rings. The molecule has 2 aromatic heterocycles. The summed E-state index contributed by atoms with van der Waals surface area (Å²) in [5, 5.41) is 5.26. The van der Waals surface area contributed by atoms with Crippen molar-refractivity contribution in [1.29, 1.82) is 0 Å². The van der Waals surface area contributed by atoms with Gasteiger partial charge < -0.3 is 14.8 Å². The monoisotopic (exact) mass is 449 g/mol. The fraction of sp³-hybridized carbons (Fsp3) is 0.208. The van der Waals surface area contributed by atoms with Crippen LogP contribution in [0.25, 0.3) is 21.3 Å². The Bertz CT molecular complexity index is 1310. The number of carbonyl (C=O) groups is 1. The molecule has 0 unspecified atom stereocenters. The number of hydrogen-bond acceptors (Lipinski definition) is 6. The Balaban J connectivity index is 1.62. The number of carbonyl (C=O) groups excluding carboxylic acids is 1. The average Bonchev–Trinajstić information content (AvgIpc) is 3.22. The maximum absolute atomic E-state index is 13.3. The SMILES string of the molecule is CCOc1ccc(NC(=O)Cn2c(C)nc3scc(-c4ccc(OC)cc4)c3c2=O)cc1. The van der Waals surface area contributed by atoms with E-state index in [1.807, 2.05) is 36.6 Å². The van der Waals surface area contributed by atoms with E-state index in [9.17, 15) is 9.59 Å². The number of fused-ring (bicyclic) bond motifs is 1. The van der Waals surface area contributed by atoms with Crippen LogP contribution in [0.2, 0.25) is 0 Å². The first kappa shape index (κ1) is 21.6. The van der Waals surface area contributed by atoms with Crippen LogP contribution < -0.4 is 20.3 Å². The van der Waals surface area contributed by atoms with E-state index in [0.29, 0.717) is 28.3 Å². The molecule has 0 aliphatic carbocycles. The molecule has 0 saturated carbocycles. The quantitative estimate of drug-likeness (QED) is 0.450. The van der Waals surface area contributed by atoms with Crippen molar-refractivity contribution >= 4 is 33.1 Å². The molecule has 0 spiro atoms. The van der Waals surface area contributed by atoms with Gasteiger partial charge >= 0.3 is 0 Å². The predicted octanol–water partition coefficient (Wildman–Crippen LogP) is 4.48. The second-order valence-electron chi connectivity index (χ2n) is 7.11. The number of hydrogen-bond donors (Lipinski definition) is 1. The van der Waals surface area contributed by atoms with Crippen molar-refractivity contribution in [1.82, 2.24) is 9.55 Å². The summed E-state index contributed by atoms with van der Waals surface area (Å²) in [6, 6.07) is 14.6. The van der Waals surface area contributed by atoms with Gasteiger partial charge in [-0.3, -0.25) is 14.2 Å². The minimum absolute atomic E-state index is 0.126. The van der Waals surface area contributed by atoms with E-state index in [0.717, 1.165) is 22.6 Å². The van der Waals surface area contributed by atoms with Crippen LogP contribution in [0.3, 0.4) is 0 Å². The lowest BCUT2D eigenvalue weighted by Gasteiger charge is -2.11. The number of rotatable bonds is 7. The van der Waals surface area contributed by atoms with Crippen molar-refractivity contribution in [2.75, 3.05) is 19.0 Å². The van der Waals surface area contributed by atoms with E-state index in [-0.39, 0.29) is 18.0 Å². The first-order valence-corrected chi connectivity index (χ1v) is 11.0. The predicted molar refractivity (Wildman–Crippen MR) is 127 cm³/mol. The van der Waals surface area contributed by atoms with Crippen LogP contribution in [0, 0.1) is 6.92 Å². The molecule has 0 saturated heterocycles. The molecule has 0 fully saturated rings. The highest BCUT2D eigenvalue weighted by Gasteiger charge is 2.17. The van der Waals surface area contributed by atoms with Crippen molar-refractivity contribution in [3.8, 4) is 22.6 Å². The number of nitrogens with one attached hydrogen (secondary N) is 1. The molecule has 2 aromatic carbocycles. The number of aryl methyl sites for hydroxylation is 1. The number of anilines is 1. The highest BCUT2D eigenvalue weighted by Crippen LogP contribution is 2.32. The Morgan fingerprint density at radius 3 is 2.44 bits per heavy atom. The van der Waals surface area contributed by atoms with Crippen molar-refractivity contribution < 1.29 is 14.3 Å². The highest BCUT2D eigenvalue weighted by molar-refractivity contribution is 7.17. The molecule has 0 atom stereocenters. The maximum Gasteiger partial charge on any atom is 0.263 e. The van der Waals surface area contributed by atoms with E-state index in [1.54, 1.807) is 38.3 Å². The van der Waals surface area contributed by atoms with Gasteiger partial charge in [-0.05, 0) is 55.8 Å². The Morgan fingerprint density at radius 2 is 1.78 bits per heavy atom. The lowest BCUT2D eigenvalue weighted by atomic mass is 10.1. The number of ether oxygens (including phenoxy) is 2. The fourth-order valence-electron chi connectivity index (χ4n) is 3.44. The Kier molecular flexibility index (Phi) is 6.23. The summed E-state index contributed by atoms with van der Waals surface area (Å²) < 4.78 is 12.0. The van der Waals surface area contributed by atoms with Crippen molar-refractivity contribution in [3.63, 3.8) is 0 Å². The third kappa shape index (κ3) is 4.36. The van der Waals surface area contributed by atoms with E-state index >= 15 is 0 Å². The van der Waals surface area contributed by atoms with Gasteiger partial charge in [0.05, 0.1) is 19.1 Å². The average molecular weight is 450 g/mol. The van der Waals surface area contributed by atoms with Crippen molar-refractivity contribution in [2.45, 2.75) is 20.4 Å². The van der Waals surface area contributed by atoms with Crippen LogP contribution in [-0.4, -0.2) is 29.2 Å². The summed E-state index contributed by atoms with van der Waals surface area (Å²) in [5.74, 6) is 1.66. The van der Waals surface area contributed by atoms with Gasteiger partial charge in [-0.2, -0.15) is 0 Å². The Morgan fingerprint density at radius 1 is 1.09 bits per heavy atom. The third-order valence-electron chi connectivity index (χ3n) is 5.04. The van der Waals surface area contributed by atoms with Crippen LogP contribution in [0.4, 0.5) is 5.69 Å². The highest BCUT2D eigenvalue weighted by atomic mass is 32.1. The largest absolute Gasteiger partial charge is 0.497 e. The summed E-state index contributed by atoms with van der Waals surface area (Å²) in [6.07, 6.45) is 0. The van der Waals surface area contributed by atoms with Crippen LogP contribution in [0.15, 0.2) is 58.7 Å². The molecular weight excluding hydrogens is 426 g/mol. The van der Waals surface area contributed by atoms with Crippen LogP contribution in [0.1, 0.15) is 12.7 Å². The molecule has 1 N–H and O–H groups in total. The zero-order chi connectivity index (χ0) is 22.7. The molecule has 0 aliphatic rings. The van der Waals surface area contributed by atoms with Crippen molar-refractivity contribution in [2.24, 2.45) is 0 Å². The summed E-state index contributed by atoms with van der Waals surface area (Å²) in [5.41, 5.74) is 2.09. The van der Waals surface area contributed by atoms with E-state index in [2.05, 4.69) is 10.3 Å². The molecule has 32 heavy (non-hydrogen) atoms. The van der Waals surface area contributed by atoms with Gasteiger partial charge in [-0.15, -0.1) is 11.3 Å². The summed E-state index contributed by atoms with van der Waals surface area (Å²) in [6.45, 7) is 4.09. The molecule has 4 rings (SSSR count). The molecule has 164 valence electrons. The number of thiophene rings is 1. The normalized spacial score (nSPS) is 10.8. The number of benzene rings is 2. The lowest BCUT2D eigenvalue weighted by Crippen LogP contribution is -2.30. The van der Waals surface area contributed by atoms with Gasteiger partial charge in [0, 0.05) is 16.6 Å². The minimum atomic E-state index is -0.304. The Labute approximate surface area is 189 Å². The van der Waals surface area contributed by atoms with Crippen LogP contribution in [-0.2, 0) is 11.3 Å². The molecule has 2 heterocycles. The fourth-order valence-corrected chi connectivity index (χ4v) is 4.42. The number of nitrogens with zero attached hydrogens (tertiary/aromatic N) is 2. The second-order valence-corrected chi connectivity index (χ2v) is 7.97. The molecule has 0 radical (unpaired) electrons. The molecule has 8 heteroatoms. The van der Waals surface area contributed by atoms with E-state index < -0.39 is 0 Å². The van der Waals surface area contributed by atoms with E-state index in [4.69, 9.17) is 9.47 Å². The smallest absolute Gasteiger partial charge is 0.263 e. The lowest BCUT2D eigenvalue weighted by molar-refractivity contribution is -0.116. The summed E-state index contributed by atoms with van der Waals surface area (Å²) in [4.78, 5) is 31.2. The first-order valence-electron chi connectivity index (χ1n) is 10.2. The number of aromatic nitrogens is 2. The van der Waals surface area contributed by atoms with Crippen molar-refractivity contribution in [3.05, 3.63) is 70.1 Å². The van der Waals surface area contributed by atoms with Crippen LogP contribution in [0.5, 0.6) is 11.5 Å². The molecule has 0 bridgehead atoms. The van der Waals surface area contributed by atoms with Gasteiger partial charge in [0.15, 0.2) is 0 Å². The summed E-state index contributed by atoms with van der Waals surface area (Å²) >= 11 is 1.41. The molecule has 0 aliphatic heterocycles. The van der Waals surface area contributed by atoms with E-state index in [1.165, 1.54) is 15.9 Å². The zero-order valence-corrected chi connectivity index (χ0v) is 18.9. The molecule has 7 nitrogen and oxygen atoms in total. The third-order valence-corrected chi connectivity index (χ3v) is 5.91. The van der Waals surface area contributed by atoms with Crippen LogP contribution >= 0.6 is 11.3 Å². The Hall–Kier alpha value is -3.65. The zero-order valence-electron chi connectivity index (χ0n) is 18.0. The molecular formula is C24H23N3O4S.